The van der Waals surface area contributed by atoms with Crippen molar-refractivity contribution >= 4 is 11.8 Å². The zero-order chi connectivity index (χ0) is 17.2. The highest BCUT2D eigenvalue weighted by atomic mass is 16.3. The first kappa shape index (κ1) is 17.0. The molecule has 1 aromatic rings. The molecule has 1 heterocycles. The molecule has 2 N–H and O–H groups in total. The summed E-state index contributed by atoms with van der Waals surface area (Å²) in [6, 6.07) is 7.66. The number of likely N-dealkylation sites (tertiary alicyclic amines) is 1. The Kier molecular flexibility index (Phi) is 4.90. The Hall–Kier alpha value is -1.88. The molecule has 2 aliphatic rings. The first-order chi connectivity index (χ1) is 11.5. The second kappa shape index (κ2) is 6.93. The largest absolute Gasteiger partial charge is 0.380 e. The quantitative estimate of drug-likeness (QED) is 0.891. The third kappa shape index (κ3) is 3.61. The summed E-state index contributed by atoms with van der Waals surface area (Å²) >= 11 is 0. The average Bonchev–Trinajstić information content (AvgIpc) is 3.04. The summed E-state index contributed by atoms with van der Waals surface area (Å²) in [4.78, 5) is 26.6. The van der Waals surface area contributed by atoms with Crippen LogP contribution in [0.5, 0.6) is 0 Å². The van der Waals surface area contributed by atoms with Gasteiger partial charge in [-0.15, -0.1) is 0 Å². The Labute approximate surface area is 143 Å². The second-order valence-electron chi connectivity index (χ2n) is 7.14. The van der Waals surface area contributed by atoms with E-state index in [0.717, 1.165) is 31.2 Å². The topological polar surface area (TPSA) is 69.6 Å². The van der Waals surface area contributed by atoms with Crippen molar-refractivity contribution in [2.75, 3.05) is 13.1 Å². The van der Waals surface area contributed by atoms with Gasteiger partial charge >= 0.3 is 0 Å². The van der Waals surface area contributed by atoms with E-state index in [4.69, 9.17) is 0 Å². The van der Waals surface area contributed by atoms with E-state index in [-0.39, 0.29) is 17.9 Å². The number of hydrogen-bond acceptors (Lipinski definition) is 3. The van der Waals surface area contributed by atoms with Gasteiger partial charge in [-0.05, 0) is 57.6 Å². The van der Waals surface area contributed by atoms with Gasteiger partial charge in [0.1, 0.15) is 5.60 Å². The van der Waals surface area contributed by atoms with Crippen LogP contribution >= 0.6 is 0 Å². The van der Waals surface area contributed by atoms with Crippen molar-refractivity contribution in [3.05, 3.63) is 35.4 Å². The van der Waals surface area contributed by atoms with Crippen molar-refractivity contribution < 1.29 is 14.7 Å². The molecule has 5 nitrogen and oxygen atoms in total. The monoisotopic (exact) mass is 330 g/mol. The Morgan fingerprint density at radius 3 is 2.29 bits per heavy atom. The van der Waals surface area contributed by atoms with Crippen molar-refractivity contribution in [3.63, 3.8) is 0 Å². The molecule has 0 radical (unpaired) electrons. The number of rotatable bonds is 3. The van der Waals surface area contributed by atoms with E-state index < -0.39 is 5.60 Å². The molecule has 0 spiro atoms. The summed E-state index contributed by atoms with van der Waals surface area (Å²) in [5.41, 5.74) is 0.677. The molecule has 2 fully saturated rings. The number of amides is 2. The number of nitrogens with zero attached hydrogens (tertiary/aromatic N) is 1. The number of nitrogens with one attached hydrogen (secondary N) is 1. The second-order valence-corrected chi connectivity index (χ2v) is 7.14. The van der Waals surface area contributed by atoms with E-state index in [0.29, 0.717) is 31.5 Å². The van der Waals surface area contributed by atoms with E-state index in [1.807, 2.05) is 36.1 Å². The molecule has 0 aromatic heterocycles. The van der Waals surface area contributed by atoms with E-state index in [9.17, 15) is 14.7 Å². The van der Waals surface area contributed by atoms with E-state index in [1.165, 1.54) is 0 Å². The van der Waals surface area contributed by atoms with Crippen LogP contribution in [0.2, 0.25) is 0 Å². The molecular formula is C19H26N2O3. The first-order valence-electron chi connectivity index (χ1n) is 8.87. The molecule has 1 aromatic carbocycles. The van der Waals surface area contributed by atoms with Gasteiger partial charge in [0.15, 0.2) is 0 Å². The molecule has 1 aliphatic carbocycles. The van der Waals surface area contributed by atoms with Gasteiger partial charge in [-0.2, -0.15) is 0 Å². The summed E-state index contributed by atoms with van der Waals surface area (Å²) in [7, 11) is 0. The molecule has 24 heavy (non-hydrogen) atoms. The highest BCUT2D eigenvalue weighted by molar-refractivity contribution is 5.94. The van der Waals surface area contributed by atoms with Crippen LogP contribution in [0.1, 0.15) is 54.4 Å². The summed E-state index contributed by atoms with van der Waals surface area (Å²) in [5, 5.41) is 13.3. The lowest BCUT2D eigenvalue weighted by Gasteiger charge is -2.34. The maximum Gasteiger partial charge on any atom is 0.253 e. The number of carbonyl (C=O) groups is 2. The van der Waals surface area contributed by atoms with Crippen molar-refractivity contribution in [1.29, 1.82) is 0 Å². The zero-order valence-corrected chi connectivity index (χ0v) is 14.3. The number of hydrogen-bond donors (Lipinski definition) is 2. The Bertz CT molecular complexity index is 598. The summed E-state index contributed by atoms with van der Waals surface area (Å²) in [5.74, 6) is -0.183. The first-order valence-corrected chi connectivity index (χ1v) is 8.87. The highest BCUT2D eigenvalue weighted by Gasteiger charge is 2.40. The van der Waals surface area contributed by atoms with Crippen LogP contribution < -0.4 is 5.32 Å². The molecule has 0 atom stereocenters. The van der Waals surface area contributed by atoms with Crippen molar-refractivity contribution in [1.82, 2.24) is 10.2 Å². The predicted molar refractivity (Wildman–Crippen MR) is 91.7 cm³/mol. The van der Waals surface area contributed by atoms with E-state index in [2.05, 4.69) is 5.32 Å². The molecule has 0 unspecified atom stereocenters. The van der Waals surface area contributed by atoms with Gasteiger partial charge in [0, 0.05) is 24.7 Å². The maximum atomic E-state index is 12.5. The Balaban J connectivity index is 1.51. The molecule has 3 rings (SSSR count). The van der Waals surface area contributed by atoms with Crippen LogP contribution in [0.4, 0.5) is 0 Å². The minimum atomic E-state index is -1.17. The van der Waals surface area contributed by atoms with Crippen molar-refractivity contribution in [2.45, 2.75) is 57.1 Å². The van der Waals surface area contributed by atoms with Gasteiger partial charge in [0.2, 0.25) is 0 Å². The minimum Gasteiger partial charge on any atom is -0.380 e. The fraction of sp³-hybridized carbons (Fsp3) is 0.579. The average molecular weight is 330 g/mol. The number of aryl methyl sites for hydroxylation is 1. The zero-order valence-electron chi connectivity index (χ0n) is 14.3. The van der Waals surface area contributed by atoms with Gasteiger partial charge in [0.05, 0.1) is 0 Å². The van der Waals surface area contributed by atoms with Gasteiger partial charge in [-0.25, -0.2) is 0 Å². The fourth-order valence-electron chi connectivity index (χ4n) is 3.61. The number of piperidine rings is 1. The third-order valence-electron chi connectivity index (χ3n) is 5.27. The Morgan fingerprint density at radius 2 is 1.71 bits per heavy atom. The van der Waals surface area contributed by atoms with Crippen LogP contribution in [-0.4, -0.2) is 46.6 Å². The van der Waals surface area contributed by atoms with Gasteiger partial charge in [0.25, 0.3) is 11.8 Å². The molecule has 0 bridgehead atoms. The summed E-state index contributed by atoms with van der Waals surface area (Å²) < 4.78 is 0. The molecule has 5 heteroatoms. The standard InChI is InChI=1S/C19H26N2O3/c1-14-4-6-15(7-5-14)17(22)21-12-8-16(9-13-21)20-18(23)19(24)10-2-3-11-19/h4-7,16,24H,2-3,8-13H2,1H3,(H,20,23). The number of aliphatic hydroxyl groups is 1. The van der Waals surface area contributed by atoms with Crippen LogP contribution in [0.25, 0.3) is 0 Å². The van der Waals surface area contributed by atoms with Gasteiger partial charge < -0.3 is 15.3 Å². The van der Waals surface area contributed by atoms with Crippen LogP contribution in [0.3, 0.4) is 0 Å². The minimum absolute atomic E-state index is 0.0455. The lowest BCUT2D eigenvalue weighted by Crippen LogP contribution is -2.52. The number of carbonyl (C=O) groups excluding carboxylic acids is 2. The SMILES string of the molecule is Cc1ccc(C(=O)N2CCC(NC(=O)C3(O)CCCC3)CC2)cc1. The molecule has 1 saturated carbocycles. The summed E-state index contributed by atoms with van der Waals surface area (Å²) in [6.07, 6.45) is 4.41. The highest BCUT2D eigenvalue weighted by Crippen LogP contribution is 2.30. The van der Waals surface area contributed by atoms with Crippen LogP contribution in [0.15, 0.2) is 24.3 Å². The molecule has 1 saturated heterocycles. The van der Waals surface area contributed by atoms with Crippen molar-refractivity contribution in [2.24, 2.45) is 0 Å². The van der Waals surface area contributed by atoms with Crippen LogP contribution in [-0.2, 0) is 4.79 Å². The predicted octanol–water partition coefficient (Wildman–Crippen LogP) is 2.02. The van der Waals surface area contributed by atoms with E-state index >= 15 is 0 Å². The molecule has 2 amide bonds. The fourth-order valence-corrected chi connectivity index (χ4v) is 3.61. The molecule has 130 valence electrons. The van der Waals surface area contributed by atoms with Crippen LogP contribution in [0, 0.1) is 6.92 Å². The summed E-state index contributed by atoms with van der Waals surface area (Å²) in [6.45, 7) is 3.27. The smallest absolute Gasteiger partial charge is 0.253 e. The number of benzene rings is 1. The van der Waals surface area contributed by atoms with Gasteiger partial charge in [-0.1, -0.05) is 17.7 Å². The van der Waals surface area contributed by atoms with E-state index in [1.54, 1.807) is 0 Å². The molecular weight excluding hydrogens is 304 g/mol. The Morgan fingerprint density at radius 1 is 1.12 bits per heavy atom. The lowest BCUT2D eigenvalue weighted by atomic mass is 9.98. The lowest BCUT2D eigenvalue weighted by molar-refractivity contribution is -0.140. The normalized spacial score (nSPS) is 20.8. The third-order valence-corrected chi connectivity index (χ3v) is 5.27. The maximum absolute atomic E-state index is 12.5. The van der Waals surface area contributed by atoms with Crippen molar-refractivity contribution in [3.8, 4) is 0 Å². The molecule has 1 aliphatic heterocycles. The van der Waals surface area contributed by atoms with Gasteiger partial charge in [-0.3, -0.25) is 9.59 Å².